The van der Waals surface area contributed by atoms with E-state index < -0.39 is 18.0 Å². The molecule has 5 rings (SSSR count). The molecule has 1 aliphatic heterocycles. The number of benzene rings is 2. The fourth-order valence-electron chi connectivity index (χ4n) is 5.00. The lowest BCUT2D eigenvalue weighted by Gasteiger charge is -2.34. The van der Waals surface area contributed by atoms with E-state index in [1.54, 1.807) is 0 Å². The summed E-state index contributed by atoms with van der Waals surface area (Å²) in [5.74, 6) is -1.46. The molecule has 2 amide bonds. The number of ether oxygens (including phenoxy) is 1. The van der Waals surface area contributed by atoms with E-state index in [4.69, 9.17) is 14.4 Å². The number of carbonyl (C=O) groups is 3. The molecule has 2 heterocycles. The van der Waals surface area contributed by atoms with E-state index in [2.05, 4.69) is 22.6 Å². The minimum atomic E-state index is -0.951. The Morgan fingerprint density at radius 2 is 1.74 bits per heavy atom. The first kappa shape index (κ1) is 22.6. The van der Waals surface area contributed by atoms with Crippen LogP contribution in [0, 0.1) is 0 Å². The SMILES string of the molecule is O=C(O)C[C@H]1CCCCN1C(=O)c1cc(NC(=O)OCC2c3ccccc3-c3ccccc32)on1. The smallest absolute Gasteiger partial charge is 0.414 e. The molecule has 1 saturated heterocycles. The van der Waals surface area contributed by atoms with Crippen molar-refractivity contribution in [3.63, 3.8) is 0 Å². The number of piperidine rings is 1. The highest BCUT2D eigenvalue weighted by molar-refractivity contribution is 5.94. The second-order valence-electron chi connectivity index (χ2n) is 8.77. The molecule has 1 atom stereocenters. The molecule has 35 heavy (non-hydrogen) atoms. The Bertz CT molecular complexity index is 1220. The van der Waals surface area contributed by atoms with Crippen molar-refractivity contribution < 1.29 is 28.8 Å². The van der Waals surface area contributed by atoms with Crippen molar-refractivity contribution in [2.75, 3.05) is 18.5 Å². The molecule has 0 spiro atoms. The number of hydrogen-bond donors (Lipinski definition) is 2. The molecule has 1 aliphatic carbocycles. The summed E-state index contributed by atoms with van der Waals surface area (Å²) in [5.41, 5.74) is 4.48. The number of nitrogens with one attached hydrogen (secondary N) is 1. The van der Waals surface area contributed by atoms with Crippen LogP contribution in [0.1, 0.15) is 53.2 Å². The molecule has 1 aromatic heterocycles. The second kappa shape index (κ2) is 9.61. The van der Waals surface area contributed by atoms with Crippen LogP contribution in [-0.2, 0) is 9.53 Å². The number of carboxylic acid groups (broad SMARTS) is 1. The van der Waals surface area contributed by atoms with Gasteiger partial charge in [0.1, 0.15) is 6.61 Å². The van der Waals surface area contributed by atoms with Crippen LogP contribution in [0.5, 0.6) is 0 Å². The Hall–Kier alpha value is -4.14. The first-order chi connectivity index (χ1) is 17.0. The first-order valence-electron chi connectivity index (χ1n) is 11.6. The monoisotopic (exact) mass is 475 g/mol. The van der Waals surface area contributed by atoms with Gasteiger partial charge in [-0.2, -0.15) is 0 Å². The van der Waals surface area contributed by atoms with E-state index in [1.807, 2.05) is 36.4 Å². The van der Waals surface area contributed by atoms with Gasteiger partial charge in [0.2, 0.25) is 5.88 Å². The standard InChI is InChI=1S/C26H25N3O6/c30-24(31)13-16-7-5-6-12-29(16)25(32)22-14-23(35-28-22)27-26(33)34-15-21-19-10-3-1-8-17(19)18-9-2-4-11-20(18)21/h1-4,8-11,14,16,21H,5-7,12-13,15H2,(H,27,33)(H,30,31)/t16-/m1/s1. The summed E-state index contributed by atoms with van der Waals surface area (Å²) in [6.07, 6.45) is 1.46. The van der Waals surface area contributed by atoms with Crippen LogP contribution < -0.4 is 5.32 Å². The lowest BCUT2D eigenvalue weighted by Crippen LogP contribution is -2.44. The Morgan fingerprint density at radius 1 is 1.06 bits per heavy atom. The van der Waals surface area contributed by atoms with Gasteiger partial charge in [-0.05, 0) is 41.5 Å². The highest BCUT2D eigenvalue weighted by atomic mass is 16.6. The molecule has 3 aromatic rings. The molecule has 2 aromatic carbocycles. The predicted octanol–water partition coefficient (Wildman–Crippen LogP) is 4.51. The third-order valence-corrected chi connectivity index (χ3v) is 6.60. The average Bonchev–Trinajstić information content (AvgIpc) is 3.45. The number of hydrogen-bond acceptors (Lipinski definition) is 6. The molecule has 0 saturated carbocycles. The van der Waals surface area contributed by atoms with Gasteiger partial charge >= 0.3 is 12.1 Å². The predicted molar refractivity (Wildman–Crippen MR) is 126 cm³/mol. The van der Waals surface area contributed by atoms with Crippen molar-refractivity contribution in [1.29, 1.82) is 0 Å². The van der Waals surface area contributed by atoms with Gasteiger partial charge in [-0.3, -0.25) is 14.9 Å². The summed E-state index contributed by atoms with van der Waals surface area (Å²) in [7, 11) is 0. The van der Waals surface area contributed by atoms with Crippen molar-refractivity contribution in [2.45, 2.75) is 37.6 Å². The average molecular weight is 476 g/mol. The molecule has 0 bridgehead atoms. The topological polar surface area (TPSA) is 122 Å². The highest BCUT2D eigenvalue weighted by Crippen LogP contribution is 2.44. The van der Waals surface area contributed by atoms with Crippen LogP contribution in [0.2, 0.25) is 0 Å². The summed E-state index contributed by atoms with van der Waals surface area (Å²) in [6.45, 7) is 0.600. The Kier molecular flexibility index (Phi) is 6.22. The van der Waals surface area contributed by atoms with E-state index in [-0.39, 0.29) is 36.6 Å². The number of carboxylic acids is 1. The molecule has 9 heteroatoms. The highest BCUT2D eigenvalue weighted by Gasteiger charge is 2.32. The number of aliphatic carboxylic acids is 1. The number of rotatable bonds is 6. The summed E-state index contributed by atoms with van der Waals surface area (Å²) >= 11 is 0. The van der Waals surface area contributed by atoms with Crippen molar-refractivity contribution in [3.05, 3.63) is 71.4 Å². The molecular formula is C26H25N3O6. The van der Waals surface area contributed by atoms with Gasteiger partial charge in [0, 0.05) is 24.6 Å². The van der Waals surface area contributed by atoms with Crippen molar-refractivity contribution >= 4 is 23.9 Å². The normalized spacial score (nSPS) is 16.9. The maximum Gasteiger partial charge on any atom is 0.414 e. The maximum absolute atomic E-state index is 12.9. The maximum atomic E-state index is 12.9. The molecule has 0 radical (unpaired) electrons. The van der Waals surface area contributed by atoms with Gasteiger partial charge in [-0.1, -0.05) is 53.7 Å². The van der Waals surface area contributed by atoms with Crippen molar-refractivity contribution in [1.82, 2.24) is 10.1 Å². The second-order valence-corrected chi connectivity index (χ2v) is 8.77. The fourth-order valence-corrected chi connectivity index (χ4v) is 5.00. The fraction of sp³-hybridized carbons (Fsp3) is 0.308. The third-order valence-electron chi connectivity index (χ3n) is 6.60. The van der Waals surface area contributed by atoms with Crippen LogP contribution in [-0.4, -0.2) is 52.3 Å². The van der Waals surface area contributed by atoms with E-state index >= 15 is 0 Å². The van der Waals surface area contributed by atoms with Gasteiger partial charge in [0.15, 0.2) is 5.69 Å². The number of carbonyl (C=O) groups excluding carboxylic acids is 2. The quantitative estimate of drug-likeness (QED) is 0.538. The lowest BCUT2D eigenvalue weighted by molar-refractivity contribution is -0.138. The number of aromatic nitrogens is 1. The van der Waals surface area contributed by atoms with E-state index in [0.29, 0.717) is 13.0 Å². The number of anilines is 1. The number of amides is 2. The third kappa shape index (κ3) is 4.62. The Balaban J connectivity index is 1.22. The number of likely N-dealkylation sites (tertiary alicyclic amines) is 1. The molecule has 180 valence electrons. The molecule has 2 N–H and O–H groups in total. The largest absolute Gasteiger partial charge is 0.481 e. The minimum absolute atomic E-state index is 0.0104. The van der Waals surface area contributed by atoms with Gasteiger partial charge < -0.3 is 19.3 Å². The zero-order valence-corrected chi connectivity index (χ0v) is 19.0. The van der Waals surface area contributed by atoms with Gasteiger partial charge in [-0.15, -0.1) is 0 Å². The Labute approximate surface area is 201 Å². The van der Waals surface area contributed by atoms with Crippen LogP contribution in [0.15, 0.2) is 59.1 Å². The lowest BCUT2D eigenvalue weighted by atomic mass is 9.98. The summed E-state index contributed by atoms with van der Waals surface area (Å²) in [4.78, 5) is 38.0. The zero-order valence-electron chi connectivity index (χ0n) is 19.0. The molecule has 0 unspecified atom stereocenters. The van der Waals surface area contributed by atoms with E-state index in [0.717, 1.165) is 35.1 Å². The van der Waals surface area contributed by atoms with Gasteiger partial charge in [0.05, 0.1) is 6.42 Å². The molecule has 1 fully saturated rings. The van der Waals surface area contributed by atoms with Crippen LogP contribution in [0.3, 0.4) is 0 Å². The molecule has 2 aliphatic rings. The Morgan fingerprint density at radius 3 is 2.43 bits per heavy atom. The molecule has 9 nitrogen and oxygen atoms in total. The molecular weight excluding hydrogens is 450 g/mol. The summed E-state index contributed by atoms with van der Waals surface area (Å²) < 4.78 is 10.6. The van der Waals surface area contributed by atoms with Gasteiger partial charge in [-0.25, -0.2) is 4.79 Å². The minimum Gasteiger partial charge on any atom is -0.481 e. The summed E-state index contributed by atoms with van der Waals surface area (Å²) in [5, 5.41) is 15.4. The zero-order chi connectivity index (χ0) is 24.4. The van der Waals surface area contributed by atoms with Gasteiger partial charge in [0.25, 0.3) is 5.91 Å². The van der Waals surface area contributed by atoms with Crippen molar-refractivity contribution in [3.8, 4) is 11.1 Å². The summed E-state index contributed by atoms with van der Waals surface area (Å²) in [6, 6.07) is 17.0. The van der Waals surface area contributed by atoms with E-state index in [1.165, 1.54) is 11.0 Å². The number of fused-ring (bicyclic) bond motifs is 3. The number of nitrogens with zero attached hydrogens (tertiary/aromatic N) is 2. The first-order valence-corrected chi connectivity index (χ1v) is 11.6. The van der Waals surface area contributed by atoms with Crippen LogP contribution in [0.25, 0.3) is 11.1 Å². The van der Waals surface area contributed by atoms with Crippen LogP contribution in [0.4, 0.5) is 10.7 Å². The van der Waals surface area contributed by atoms with Crippen molar-refractivity contribution in [2.24, 2.45) is 0 Å². The van der Waals surface area contributed by atoms with E-state index in [9.17, 15) is 14.4 Å². The van der Waals surface area contributed by atoms with Crippen LogP contribution >= 0.6 is 0 Å².